The van der Waals surface area contributed by atoms with E-state index in [4.69, 9.17) is 5.73 Å². The Morgan fingerprint density at radius 2 is 2.33 bits per heavy atom. The van der Waals surface area contributed by atoms with Crippen LogP contribution < -0.4 is 5.73 Å². The van der Waals surface area contributed by atoms with E-state index in [2.05, 4.69) is 4.74 Å². The minimum atomic E-state index is -0.470. The standard InChI is InChI=1S/C8H13NO3/c1-12-8(11)5-2-3-7(10)6(9)4-5/h5-6H,2-4,9H2,1H3. The summed E-state index contributed by atoms with van der Waals surface area (Å²) in [5.41, 5.74) is 5.50. The molecular formula is C8H13NO3. The number of carbonyl (C=O) groups excluding carboxylic acids is 2. The molecule has 1 aliphatic rings. The van der Waals surface area contributed by atoms with Crippen LogP contribution in [0.3, 0.4) is 0 Å². The summed E-state index contributed by atoms with van der Waals surface area (Å²) in [5.74, 6) is -0.379. The van der Waals surface area contributed by atoms with Crippen LogP contribution in [0.1, 0.15) is 19.3 Å². The van der Waals surface area contributed by atoms with Gasteiger partial charge in [-0.05, 0) is 12.8 Å². The minimum Gasteiger partial charge on any atom is -0.469 e. The highest BCUT2D eigenvalue weighted by molar-refractivity contribution is 5.86. The molecule has 0 radical (unpaired) electrons. The van der Waals surface area contributed by atoms with Crippen molar-refractivity contribution in [2.75, 3.05) is 7.11 Å². The molecule has 1 saturated carbocycles. The summed E-state index contributed by atoms with van der Waals surface area (Å²) in [6.07, 6.45) is 1.42. The molecule has 0 aromatic heterocycles. The number of hydrogen-bond acceptors (Lipinski definition) is 4. The van der Waals surface area contributed by atoms with E-state index in [1.54, 1.807) is 0 Å². The Bertz CT molecular complexity index is 202. The van der Waals surface area contributed by atoms with Crippen LogP contribution >= 0.6 is 0 Å². The maximum Gasteiger partial charge on any atom is 0.308 e. The predicted molar refractivity (Wildman–Crippen MR) is 42.3 cm³/mol. The zero-order chi connectivity index (χ0) is 9.14. The predicted octanol–water partition coefficient (Wildman–Crippen LogP) is -0.144. The highest BCUT2D eigenvalue weighted by atomic mass is 16.5. The number of rotatable bonds is 1. The van der Waals surface area contributed by atoms with Crippen molar-refractivity contribution < 1.29 is 14.3 Å². The summed E-state index contributed by atoms with van der Waals surface area (Å²) in [7, 11) is 1.35. The second-order valence-electron chi connectivity index (χ2n) is 3.07. The molecule has 1 rings (SSSR count). The molecule has 0 saturated heterocycles. The zero-order valence-electron chi connectivity index (χ0n) is 7.08. The fourth-order valence-corrected chi connectivity index (χ4v) is 1.44. The molecule has 0 amide bonds. The molecule has 0 bridgehead atoms. The van der Waals surface area contributed by atoms with Crippen LogP contribution in [0.4, 0.5) is 0 Å². The third kappa shape index (κ3) is 1.82. The molecule has 4 heteroatoms. The van der Waals surface area contributed by atoms with Gasteiger partial charge in [-0.1, -0.05) is 0 Å². The maximum absolute atomic E-state index is 11.0. The molecule has 1 fully saturated rings. The first-order valence-electron chi connectivity index (χ1n) is 4.01. The van der Waals surface area contributed by atoms with Crippen LogP contribution in [0.5, 0.6) is 0 Å². The van der Waals surface area contributed by atoms with E-state index in [9.17, 15) is 9.59 Å². The molecule has 0 spiro atoms. The van der Waals surface area contributed by atoms with E-state index in [1.807, 2.05) is 0 Å². The number of methoxy groups -OCH3 is 1. The van der Waals surface area contributed by atoms with E-state index >= 15 is 0 Å². The summed E-state index contributed by atoms with van der Waals surface area (Å²) >= 11 is 0. The Hall–Kier alpha value is -0.900. The lowest BCUT2D eigenvalue weighted by Gasteiger charge is -2.23. The summed E-state index contributed by atoms with van der Waals surface area (Å²) in [4.78, 5) is 22.0. The summed E-state index contributed by atoms with van der Waals surface area (Å²) in [5, 5.41) is 0. The zero-order valence-corrected chi connectivity index (χ0v) is 7.08. The SMILES string of the molecule is COC(=O)C1CCC(=O)C(N)C1. The molecule has 2 N–H and O–H groups in total. The van der Waals surface area contributed by atoms with Crippen LogP contribution in [0.2, 0.25) is 0 Å². The van der Waals surface area contributed by atoms with Crippen molar-refractivity contribution >= 4 is 11.8 Å². The van der Waals surface area contributed by atoms with Gasteiger partial charge in [0.05, 0.1) is 19.1 Å². The first-order chi connectivity index (χ1) is 5.65. The lowest BCUT2D eigenvalue weighted by atomic mass is 9.85. The van der Waals surface area contributed by atoms with Crippen molar-refractivity contribution in [2.24, 2.45) is 11.7 Å². The van der Waals surface area contributed by atoms with Crippen molar-refractivity contribution in [2.45, 2.75) is 25.3 Å². The number of ketones is 1. The highest BCUT2D eigenvalue weighted by Gasteiger charge is 2.30. The molecule has 12 heavy (non-hydrogen) atoms. The molecule has 0 heterocycles. The van der Waals surface area contributed by atoms with Gasteiger partial charge in [-0.15, -0.1) is 0 Å². The van der Waals surface area contributed by atoms with Gasteiger partial charge >= 0.3 is 5.97 Å². The van der Waals surface area contributed by atoms with Crippen LogP contribution in [0.25, 0.3) is 0 Å². The van der Waals surface area contributed by atoms with Crippen LogP contribution in [0, 0.1) is 5.92 Å². The smallest absolute Gasteiger partial charge is 0.308 e. The second kappa shape index (κ2) is 3.67. The van der Waals surface area contributed by atoms with Gasteiger partial charge in [0.2, 0.25) is 0 Å². The molecule has 4 nitrogen and oxygen atoms in total. The van der Waals surface area contributed by atoms with Crippen molar-refractivity contribution in [3.8, 4) is 0 Å². The fourth-order valence-electron chi connectivity index (χ4n) is 1.44. The fraction of sp³-hybridized carbons (Fsp3) is 0.750. The molecule has 68 valence electrons. The third-order valence-electron chi connectivity index (χ3n) is 2.23. The molecule has 2 unspecified atom stereocenters. The van der Waals surface area contributed by atoms with Gasteiger partial charge in [0.1, 0.15) is 5.78 Å². The quantitative estimate of drug-likeness (QED) is 0.557. The van der Waals surface area contributed by atoms with Gasteiger partial charge in [0.15, 0.2) is 0 Å². The van der Waals surface area contributed by atoms with Gasteiger partial charge in [0, 0.05) is 6.42 Å². The van der Waals surface area contributed by atoms with Gasteiger partial charge in [-0.3, -0.25) is 9.59 Å². The van der Waals surface area contributed by atoms with E-state index < -0.39 is 6.04 Å². The topological polar surface area (TPSA) is 69.4 Å². The lowest BCUT2D eigenvalue weighted by molar-refractivity contribution is -0.147. The number of ether oxygens (including phenoxy) is 1. The minimum absolute atomic E-state index is 0.0511. The van der Waals surface area contributed by atoms with Gasteiger partial charge in [0.25, 0.3) is 0 Å². The van der Waals surface area contributed by atoms with Gasteiger partial charge in [-0.25, -0.2) is 0 Å². The third-order valence-corrected chi connectivity index (χ3v) is 2.23. The molecule has 0 aliphatic heterocycles. The van der Waals surface area contributed by atoms with E-state index in [0.717, 1.165) is 0 Å². The van der Waals surface area contributed by atoms with Gasteiger partial charge in [-0.2, -0.15) is 0 Å². The molecule has 0 aromatic carbocycles. The second-order valence-corrected chi connectivity index (χ2v) is 3.07. The van der Waals surface area contributed by atoms with E-state index in [1.165, 1.54) is 7.11 Å². The van der Waals surface area contributed by atoms with Crippen LogP contribution in [0.15, 0.2) is 0 Å². The lowest BCUT2D eigenvalue weighted by Crippen LogP contribution is -2.39. The summed E-state index contributed by atoms with van der Waals surface area (Å²) in [6, 6.07) is -0.470. The normalized spacial score (nSPS) is 30.0. The maximum atomic E-state index is 11.0. The largest absolute Gasteiger partial charge is 0.469 e. The van der Waals surface area contributed by atoms with Crippen molar-refractivity contribution in [1.82, 2.24) is 0 Å². The molecule has 2 atom stereocenters. The number of Topliss-reactive ketones (excluding diaryl/α,β-unsaturated/α-hetero) is 1. The first kappa shape index (κ1) is 9.19. The van der Waals surface area contributed by atoms with Crippen molar-refractivity contribution in [3.05, 3.63) is 0 Å². The van der Waals surface area contributed by atoms with Gasteiger partial charge < -0.3 is 10.5 Å². The average Bonchev–Trinajstić information content (AvgIpc) is 2.08. The Kier molecular flexibility index (Phi) is 2.81. The molecular weight excluding hydrogens is 158 g/mol. The molecule has 1 aliphatic carbocycles. The molecule has 0 aromatic rings. The van der Waals surface area contributed by atoms with Crippen LogP contribution in [-0.4, -0.2) is 24.9 Å². The number of carbonyl (C=O) groups is 2. The number of esters is 1. The summed E-state index contributed by atoms with van der Waals surface area (Å²) < 4.78 is 4.57. The average molecular weight is 171 g/mol. The monoisotopic (exact) mass is 171 g/mol. The highest BCUT2D eigenvalue weighted by Crippen LogP contribution is 2.21. The van der Waals surface area contributed by atoms with Crippen molar-refractivity contribution in [1.29, 1.82) is 0 Å². The van der Waals surface area contributed by atoms with Crippen LogP contribution in [-0.2, 0) is 14.3 Å². The number of nitrogens with two attached hydrogens (primary N) is 1. The van der Waals surface area contributed by atoms with E-state index in [0.29, 0.717) is 19.3 Å². The number of hydrogen-bond donors (Lipinski definition) is 1. The Balaban J connectivity index is 2.50. The Labute approximate surface area is 71.1 Å². The Morgan fingerprint density at radius 1 is 1.67 bits per heavy atom. The van der Waals surface area contributed by atoms with Crippen molar-refractivity contribution in [3.63, 3.8) is 0 Å². The van der Waals surface area contributed by atoms with E-state index in [-0.39, 0.29) is 17.7 Å². The first-order valence-corrected chi connectivity index (χ1v) is 4.01. The summed E-state index contributed by atoms with van der Waals surface area (Å²) in [6.45, 7) is 0. The Morgan fingerprint density at radius 3 is 2.83 bits per heavy atom.